The van der Waals surface area contributed by atoms with E-state index in [9.17, 15) is 9.90 Å². The monoisotopic (exact) mass is 542 g/mol. The predicted molar refractivity (Wildman–Crippen MR) is 153 cm³/mol. The Balaban J connectivity index is 1.01. The molecule has 0 spiro atoms. The van der Waals surface area contributed by atoms with Crippen LogP contribution in [-0.4, -0.2) is 108 Å². The van der Waals surface area contributed by atoms with E-state index in [1.807, 2.05) is 0 Å². The second kappa shape index (κ2) is 14.3. The number of nitrogens with one attached hydrogen (secondary N) is 1. The van der Waals surface area contributed by atoms with Gasteiger partial charge in [-0.25, -0.2) is 4.79 Å². The molecule has 5 rings (SSSR count). The van der Waals surface area contributed by atoms with Crippen LogP contribution in [0.15, 0.2) is 30.3 Å². The van der Waals surface area contributed by atoms with Crippen LogP contribution < -0.4 is 5.32 Å². The molecule has 3 atom stereocenters. The van der Waals surface area contributed by atoms with Gasteiger partial charge in [0.25, 0.3) is 0 Å². The van der Waals surface area contributed by atoms with Gasteiger partial charge in [0.1, 0.15) is 6.10 Å². The zero-order valence-electron chi connectivity index (χ0n) is 23.9. The number of carbonyl (C=O) groups is 1. The second-order valence-electron chi connectivity index (χ2n) is 12.1. The highest BCUT2D eigenvalue weighted by Crippen LogP contribution is 2.29. The first-order valence-corrected chi connectivity index (χ1v) is 15.6. The molecule has 4 fully saturated rings. The molecule has 8 heteroatoms. The van der Waals surface area contributed by atoms with Crippen molar-refractivity contribution >= 4 is 6.16 Å². The molecule has 1 aromatic carbocycles. The lowest BCUT2D eigenvalue weighted by atomic mass is 9.85. The van der Waals surface area contributed by atoms with Crippen molar-refractivity contribution in [1.29, 1.82) is 0 Å². The molecule has 4 aliphatic rings. The Hall–Kier alpha value is -1.71. The van der Waals surface area contributed by atoms with E-state index in [0.717, 1.165) is 57.8 Å². The lowest BCUT2D eigenvalue weighted by Crippen LogP contribution is -2.60. The van der Waals surface area contributed by atoms with Crippen LogP contribution in [0.2, 0.25) is 0 Å². The number of hydrogen-bond donors (Lipinski definition) is 2. The summed E-state index contributed by atoms with van der Waals surface area (Å²) >= 11 is 0. The van der Waals surface area contributed by atoms with Crippen molar-refractivity contribution in [3.05, 3.63) is 35.9 Å². The fourth-order valence-corrected chi connectivity index (χ4v) is 7.37. The van der Waals surface area contributed by atoms with Crippen LogP contribution >= 0.6 is 0 Å². The van der Waals surface area contributed by atoms with Gasteiger partial charge in [0, 0.05) is 43.8 Å². The minimum atomic E-state index is -0.558. The van der Waals surface area contributed by atoms with E-state index in [1.54, 1.807) is 6.92 Å². The van der Waals surface area contributed by atoms with Crippen LogP contribution in [0.1, 0.15) is 70.3 Å². The van der Waals surface area contributed by atoms with Crippen LogP contribution in [0.4, 0.5) is 4.79 Å². The van der Waals surface area contributed by atoms with Gasteiger partial charge in [0.05, 0.1) is 12.7 Å². The molecule has 3 unspecified atom stereocenters. The van der Waals surface area contributed by atoms with Crippen LogP contribution in [0.25, 0.3) is 0 Å². The number of benzene rings is 1. The van der Waals surface area contributed by atoms with E-state index in [4.69, 9.17) is 9.47 Å². The summed E-state index contributed by atoms with van der Waals surface area (Å²) < 4.78 is 10.4. The summed E-state index contributed by atoms with van der Waals surface area (Å²) in [6.45, 7) is 9.65. The van der Waals surface area contributed by atoms with E-state index >= 15 is 0 Å². The maximum atomic E-state index is 11.7. The quantitative estimate of drug-likeness (QED) is 0.483. The van der Waals surface area contributed by atoms with E-state index in [0.29, 0.717) is 12.6 Å². The van der Waals surface area contributed by atoms with Gasteiger partial charge in [-0.2, -0.15) is 0 Å². The molecule has 0 aromatic heterocycles. The van der Waals surface area contributed by atoms with Crippen LogP contribution in [0.5, 0.6) is 0 Å². The van der Waals surface area contributed by atoms with E-state index in [-0.39, 0.29) is 24.3 Å². The summed E-state index contributed by atoms with van der Waals surface area (Å²) in [5.41, 5.74) is 1.42. The molecule has 3 aliphatic heterocycles. The van der Waals surface area contributed by atoms with E-state index in [2.05, 4.69) is 50.3 Å². The predicted octanol–water partition coefficient (Wildman–Crippen LogP) is 3.62. The number of rotatable bonds is 8. The average molecular weight is 543 g/mol. The Morgan fingerprint density at radius 3 is 2.28 bits per heavy atom. The van der Waals surface area contributed by atoms with Crippen LogP contribution in [0, 0.1) is 0 Å². The molecule has 0 bridgehead atoms. The minimum Gasteiger partial charge on any atom is -0.435 e. The zero-order chi connectivity index (χ0) is 27.0. The molecule has 1 aliphatic carbocycles. The normalized spacial score (nSPS) is 29.3. The van der Waals surface area contributed by atoms with Crippen LogP contribution in [-0.2, 0) is 16.0 Å². The van der Waals surface area contributed by atoms with Gasteiger partial charge in [-0.3, -0.25) is 9.80 Å². The largest absolute Gasteiger partial charge is 0.508 e. The first-order valence-electron chi connectivity index (χ1n) is 15.6. The van der Waals surface area contributed by atoms with Gasteiger partial charge in [-0.05, 0) is 90.0 Å². The fourth-order valence-electron chi connectivity index (χ4n) is 7.37. The van der Waals surface area contributed by atoms with Crippen molar-refractivity contribution in [2.45, 2.75) is 108 Å². The lowest BCUT2D eigenvalue weighted by molar-refractivity contribution is -0.0421. The maximum Gasteiger partial charge on any atom is 0.508 e. The number of ether oxygens (including phenoxy) is 2. The van der Waals surface area contributed by atoms with Crippen LogP contribution in [0.3, 0.4) is 0 Å². The van der Waals surface area contributed by atoms with Crippen molar-refractivity contribution in [3.8, 4) is 0 Å². The highest BCUT2D eigenvalue weighted by Gasteiger charge is 2.39. The summed E-state index contributed by atoms with van der Waals surface area (Å²) in [7, 11) is 0. The second-order valence-corrected chi connectivity index (χ2v) is 12.1. The Labute approximate surface area is 235 Å². The molecule has 1 saturated carbocycles. The topological polar surface area (TPSA) is 77.5 Å². The lowest BCUT2D eigenvalue weighted by Gasteiger charge is -2.46. The van der Waals surface area contributed by atoms with Gasteiger partial charge in [0.2, 0.25) is 0 Å². The molecule has 1 aromatic rings. The Morgan fingerprint density at radius 2 is 1.59 bits per heavy atom. The van der Waals surface area contributed by atoms with Crippen molar-refractivity contribution in [3.63, 3.8) is 0 Å². The first kappa shape index (κ1) is 28.8. The van der Waals surface area contributed by atoms with Crippen molar-refractivity contribution in [2.75, 3.05) is 45.9 Å². The van der Waals surface area contributed by atoms with Gasteiger partial charge < -0.3 is 24.8 Å². The number of nitrogens with zero attached hydrogens (tertiary/aromatic N) is 3. The SMILES string of the molecule is CCOC(=O)OC1CCN(C2CCCC(NC3CCN(C4CCN(Cc5ccccc5)CC4)CC3)C2O)CC1. The number of carbonyl (C=O) groups excluding carboxylic acids is 1. The third-order valence-electron chi connectivity index (χ3n) is 9.59. The zero-order valence-corrected chi connectivity index (χ0v) is 23.9. The Morgan fingerprint density at radius 1 is 0.897 bits per heavy atom. The summed E-state index contributed by atoms with van der Waals surface area (Å²) in [4.78, 5) is 19.4. The van der Waals surface area contributed by atoms with Crippen molar-refractivity contribution in [1.82, 2.24) is 20.0 Å². The molecule has 8 nitrogen and oxygen atoms in total. The highest BCUT2D eigenvalue weighted by molar-refractivity contribution is 5.60. The molecular formula is C31H50N4O4. The van der Waals surface area contributed by atoms with Gasteiger partial charge in [0.15, 0.2) is 0 Å². The minimum absolute atomic E-state index is 0.0729. The maximum absolute atomic E-state index is 11.7. The number of piperidine rings is 3. The summed E-state index contributed by atoms with van der Waals surface area (Å²) in [6, 6.07) is 12.4. The third kappa shape index (κ3) is 7.94. The molecule has 0 amide bonds. The Kier molecular flexibility index (Phi) is 10.5. The fraction of sp³-hybridized carbons (Fsp3) is 0.774. The first-order chi connectivity index (χ1) is 19.1. The molecule has 0 radical (unpaired) electrons. The summed E-state index contributed by atoms with van der Waals surface area (Å²) in [5, 5.41) is 15.2. The smallest absolute Gasteiger partial charge is 0.435 e. The molecular weight excluding hydrogens is 492 g/mol. The summed E-state index contributed by atoms with van der Waals surface area (Å²) in [6.07, 6.45) is 8.80. The van der Waals surface area contributed by atoms with Gasteiger partial charge in [-0.15, -0.1) is 0 Å². The summed E-state index contributed by atoms with van der Waals surface area (Å²) in [5.74, 6) is 0. The van der Waals surface area contributed by atoms with Gasteiger partial charge >= 0.3 is 6.16 Å². The number of aliphatic hydroxyl groups excluding tert-OH is 1. The number of aliphatic hydroxyl groups is 1. The molecule has 39 heavy (non-hydrogen) atoms. The third-order valence-corrected chi connectivity index (χ3v) is 9.59. The standard InChI is InChI=1S/C31H50N4O4/c1-2-38-31(37)39-27-15-21-35(22-16-27)29-10-6-9-28(30(29)36)32-25-11-19-34(20-12-25)26-13-17-33(18-14-26)23-24-7-4-3-5-8-24/h3-5,7-8,25-30,32,36H,2,6,9-23H2,1H3. The Bertz CT molecular complexity index is 865. The van der Waals surface area contributed by atoms with Crippen molar-refractivity contribution < 1.29 is 19.4 Å². The number of likely N-dealkylation sites (tertiary alicyclic amines) is 3. The van der Waals surface area contributed by atoms with Gasteiger partial charge in [-0.1, -0.05) is 36.8 Å². The molecule has 3 heterocycles. The van der Waals surface area contributed by atoms with E-state index in [1.165, 1.54) is 57.4 Å². The van der Waals surface area contributed by atoms with Crippen molar-refractivity contribution in [2.24, 2.45) is 0 Å². The van der Waals surface area contributed by atoms with E-state index < -0.39 is 6.16 Å². The number of hydrogen-bond acceptors (Lipinski definition) is 8. The molecule has 3 saturated heterocycles. The molecule has 2 N–H and O–H groups in total. The highest BCUT2D eigenvalue weighted by atomic mass is 16.7. The molecule has 218 valence electrons. The average Bonchev–Trinajstić information content (AvgIpc) is 2.96.